The van der Waals surface area contributed by atoms with Gasteiger partial charge in [-0.05, 0) is 49.1 Å². The summed E-state index contributed by atoms with van der Waals surface area (Å²) < 4.78 is 1.19. The molecule has 15 heavy (non-hydrogen) atoms. The molecule has 2 nitrogen and oxygen atoms in total. The zero-order chi connectivity index (χ0) is 10.4. The van der Waals surface area contributed by atoms with Gasteiger partial charge in [-0.1, -0.05) is 15.9 Å². The van der Waals surface area contributed by atoms with Gasteiger partial charge in [-0.25, -0.2) is 0 Å². The van der Waals surface area contributed by atoms with Gasteiger partial charge in [0.05, 0.1) is 0 Å². The lowest BCUT2D eigenvalue weighted by molar-refractivity contribution is 0.491. The minimum absolute atomic E-state index is 0.666. The van der Waals surface area contributed by atoms with Gasteiger partial charge in [0, 0.05) is 22.7 Å². The Labute approximate surface area is 98.6 Å². The second-order valence-electron chi connectivity index (χ2n) is 4.52. The lowest BCUT2D eigenvalue weighted by Gasteiger charge is -2.21. The maximum atomic E-state index is 5.82. The molecule has 2 aliphatic heterocycles. The molecule has 1 fully saturated rings. The SMILES string of the molecule is NCC1CCN2c3ccc(Br)cc3CC12. The zero-order valence-electron chi connectivity index (χ0n) is 8.62. The molecule has 0 saturated carbocycles. The molecule has 3 rings (SSSR count). The minimum Gasteiger partial charge on any atom is -0.368 e. The molecule has 0 aliphatic carbocycles. The molecule has 3 heteroatoms. The minimum atomic E-state index is 0.666. The first-order chi connectivity index (χ1) is 7.29. The van der Waals surface area contributed by atoms with Crippen LogP contribution in [-0.4, -0.2) is 19.1 Å². The van der Waals surface area contributed by atoms with E-state index in [1.165, 1.54) is 35.1 Å². The molecule has 0 amide bonds. The van der Waals surface area contributed by atoms with E-state index < -0.39 is 0 Å². The van der Waals surface area contributed by atoms with Crippen molar-refractivity contribution < 1.29 is 0 Å². The maximum Gasteiger partial charge on any atom is 0.0403 e. The lowest BCUT2D eigenvalue weighted by atomic mass is 9.97. The van der Waals surface area contributed by atoms with Crippen LogP contribution in [0.5, 0.6) is 0 Å². The van der Waals surface area contributed by atoms with Crippen molar-refractivity contribution in [2.24, 2.45) is 11.7 Å². The van der Waals surface area contributed by atoms with Gasteiger partial charge < -0.3 is 10.6 Å². The van der Waals surface area contributed by atoms with Gasteiger partial charge in [-0.15, -0.1) is 0 Å². The van der Waals surface area contributed by atoms with E-state index in [0.717, 1.165) is 6.54 Å². The van der Waals surface area contributed by atoms with Crippen LogP contribution in [0.4, 0.5) is 5.69 Å². The standard InChI is InChI=1S/C12H15BrN2/c13-10-1-2-11-9(5-10)6-12-8(7-14)3-4-15(11)12/h1-2,5,8,12H,3-4,6-7,14H2. The first-order valence-electron chi connectivity index (χ1n) is 5.54. The fraction of sp³-hybridized carbons (Fsp3) is 0.500. The molecule has 1 aromatic carbocycles. The molecule has 0 aromatic heterocycles. The average molecular weight is 267 g/mol. The van der Waals surface area contributed by atoms with E-state index in [1.54, 1.807) is 0 Å². The molecule has 0 radical (unpaired) electrons. The summed E-state index contributed by atoms with van der Waals surface area (Å²) in [6.07, 6.45) is 2.44. The molecule has 2 N–H and O–H groups in total. The van der Waals surface area contributed by atoms with Crippen molar-refractivity contribution in [3.05, 3.63) is 28.2 Å². The van der Waals surface area contributed by atoms with Gasteiger partial charge in [-0.2, -0.15) is 0 Å². The van der Waals surface area contributed by atoms with Crippen LogP contribution in [0.1, 0.15) is 12.0 Å². The van der Waals surface area contributed by atoms with Crippen LogP contribution < -0.4 is 10.6 Å². The average Bonchev–Trinajstić information content (AvgIpc) is 2.74. The van der Waals surface area contributed by atoms with Crippen LogP contribution in [-0.2, 0) is 6.42 Å². The van der Waals surface area contributed by atoms with Gasteiger partial charge in [0.15, 0.2) is 0 Å². The molecule has 0 spiro atoms. The highest BCUT2D eigenvalue weighted by molar-refractivity contribution is 9.10. The second kappa shape index (κ2) is 3.49. The Morgan fingerprint density at radius 3 is 3.13 bits per heavy atom. The van der Waals surface area contributed by atoms with Gasteiger partial charge in [0.1, 0.15) is 0 Å². The van der Waals surface area contributed by atoms with Crippen molar-refractivity contribution >= 4 is 21.6 Å². The third kappa shape index (κ3) is 1.41. The summed E-state index contributed by atoms with van der Waals surface area (Å²) in [5, 5.41) is 0. The second-order valence-corrected chi connectivity index (χ2v) is 5.44. The molecular formula is C12H15BrN2. The van der Waals surface area contributed by atoms with Crippen LogP contribution >= 0.6 is 15.9 Å². The molecule has 2 unspecified atom stereocenters. The highest BCUT2D eigenvalue weighted by Gasteiger charge is 2.38. The van der Waals surface area contributed by atoms with Gasteiger partial charge in [0.25, 0.3) is 0 Å². The van der Waals surface area contributed by atoms with Crippen molar-refractivity contribution in [1.29, 1.82) is 0 Å². The van der Waals surface area contributed by atoms with Crippen LogP contribution in [0.25, 0.3) is 0 Å². The van der Waals surface area contributed by atoms with Crippen molar-refractivity contribution in [3.8, 4) is 0 Å². The van der Waals surface area contributed by atoms with Gasteiger partial charge >= 0.3 is 0 Å². The van der Waals surface area contributed by atoms with Crippen LogP contribution in [0.15, 0.2) is 22.7 Å². The monoisotopic (exact) mass is 266 g/mol. The molecule has 2 aliphatic rings. The molecule has 1 saturated heterocycles. The van der Waals surface area contributed by atoms with Gasteiger partial charge in [0.2, 0.25) is 0 Å². The summed E-state index contributed by atoms with van der Waals surface area (Å²) in [6.45, 7) is 2.01. The first-order valence-corrected chi connectivity index (χ1v) is 6.34. The van der Waals surface area contributed by atoms with E-state index >= 15 is 0 Å². The molecule has 1 aromatic rings. The fourth-order valence-corrected chi connectivity index (χ4v) is 3.40. The third-order valence-corrected chi connectivity index (χ3v) is 4.26. The Kier molecular flexibility index (Phi) is 2.25. The predicted octanol–water partition coefficient (Wildman–Crippen LogP) is 2.16. The fourth-order valence-electron chi connectivity index (χ4n) is 2.99. The number of anilines is 1. The number of hydrogen-bond acceptors (Lipinski definition) is 2. The number of rotatable bonds is 1. The topological polar surface area (TPSA) is 29.3 Å². The summed E-state index contributed by atoms with van der Waals surface area (Å²) >= 11 is 3.53. The number of benzene rings is 1. The summed E-state index contributed by atoms with van der Waals surface area (Å²) in [5.74, 6) is 0.691. The van der Waals surface area contributed by atoms with E-state index in [9.17, 15) is 0 Å². The van der Waals surface area contributed by atoms with E-state index in [4.69, 9.17) is 5.73 Å². The number of halogens is 1. The van der Waals surface area contributed by atoms with E-state index in [1.807, 2.05) is 0 Å². The smallest absolute Gasteiger partial charge is 0.0403 e. The number of nitrogens with two attached hydrogens (primary N) is 1. The predicted molar refractivity (Wildman–Crippen MR) is 66.1 cm³/mol. The van der Waals surface area contributed by atoms with Crippen molar-refractivity contribution in [3.63, 3.8) is 0 Å². The van der Waals surface area contributed by atoms with Crippen molar-refractivity contribution in [2.75, 3.05) is 18.0 Å². The van der Waals surface area contributed by atoms with Crippen molar-refractivity contribution in [2.45, 2.75) is 18.9 Å². The number of hydrogen-bond donors (Lipinski definition) is 1. The Morgan fingerprint density at radius 2 is 2.33 bits per heavy atom. The zero-order valence-corrected chi connectivity index (χ0v) is 10.2. The van der Waals surface area contributed by atoms with E-state index in [0.29, 0.717) is 12.0 Å². The molecular weight excluding hydrogens is 252 g/mol. The Hall–Kier alpha value is -0.540. The maximum absolute atomic E-state index is 5.82. The van der Waals surface area contributed by atoms with E-state index in [2.05, 4.69) is 39.0 Å². The summed E-state index contributed by atoms with van der Waals surface area (Å²) in [4.78, 5) is 2.54. The van der Waals surface area contributed by atoms with E-state index in [-0.39, 0.29) is 0 Å². The Balaban J connectivity index is 1.97. The quantitative estimate of drug-likeness (QED) is 0.844. The number of nitrogens with zero attached hydrogens (tertiary/aromatic N) is 1. The van der Waals surface area contributed by atoms with Crippen LogP contribution in [0.2, 0.25) is 0 Å². The normalized spacial score (nSPS) is 28.0. The highest BCUT2D eigenvalue weighted by atomic mass is 79.9. The van der Waals surface area contributed by atoms with Crippen molar-refractivity contribution in [1.82, 2.24) is 0 Å². The largest absolute Gasteiger partial charge is 0.368 e. The molecule has 2 heterocycles. The third-order valence-electron chi connectivity index (χ3n) is 3.77. The van der Waals surface area contributed by atoms with Crippen LogP contribution in [0, 0.1) is 5.92 Å². The summed E-state index contributed by atoms with van der Waals surface area (Å²) in [5.41, 5.74) is 8.73. The Bertz CT molecular complexity index is 391. The molecule has 2 atom stereocenters. The first kappa shape index (κ1) is 9.67. The summed E-state index contributed by atoms with van der Waals surface area (Å²) in [7, 11) is 0. The van der Waals surface area contributed by atoms with Crippen LogP contribution in [0.3, 0.4) is 0 Å². The number of fused-ring (bicyclic) bond motifs is 3. The summed E-state index contributed by atoms with van der Waals surface area (Å²) in [6, 6.07) is 7.29. The Morgan fingerprint density at radius 1 is 1.47 bits per heavy atom. The molecule has 80 valence electrons. The highest BCUT2D eigenvalue weighted by Crippen LogP contribution is 2.41. The molecule has 0 bridgehead atoms. The lowest BCUT2D eigenvalue weighted by Crippen LogP contribution is -2.32. The van der Waals surface area contributed by atoms with Gasteiger partial charge in [-0.3, -0.25) is 0 Å².